The highest BCUT2D eigenvalue weighted by Gasteiger charge is 1.95. The van der Waals surface area contributed by atoms with E-state index in [1.807, 2.05) is 18.2 Å². The van der Waals surface area contributed by atoms with Crippen LogP contribution in [-0.2, 0) is 4.79 Å². The Hall–Kier alpha value is -1.11. The lowest BCUT2D eigenvalue weighted by atomic mass is 10.1. The summed E-state index contributed by atoms with van der Waals surface area (Å²) in [7, 11) is 0. The summed E-state index contributed by atoms with van der Waals surface area (Å²) in [6.07, 6.45) is 6.13. The average molecular weight is 189 g/mol. The number of unbranched alkanes of at least 4 members (excludes halogenated alkanes) is 2. The van der Waals surface area contributed by atoms with Gasteiger partial charge in [0.25, 0.3) is 0 Å². The molecule has 0 heterocycles. The molecule has 0 atom stereocenters. The lowest BCUT2D eigenvalue weighted by molar-refractivity contribution is -0.117. The van der Waals surface area contributed by atoms with E-state index in [0.29, 0.717) is 5.78 Å². The van der Waals surface area contributed by atoms with Crippen molar-refractivity contribution in [3.8, 4) is 0 Å². The van der Waals surface area contributed by atoms with Crippen LogP contribution in [0.2, 0.25) is 0 Å². The summed E-state index contributed by atoms with van der Waals surface area (Å²) in [6.45, 7) is 1.65. The predicted molar refractivity (Wildman–Crippen MR) is 59.0 cm³/mol. The van der Waals surface area contributed by atoms with Gasteiger partial charge in [-0.3, -0.25) is 0 Å². The van der Waals surface area contributed by atoms with Gasteiger partial charge in [0.15, 0.2) is 0 Å². The Bertz CT molecular complexity index is 264. The van der Waals surface area contributed by atoms with Crippen LogP contribution in [0.3, 0.4) is 0 Å². The van der Waals surface area contributed by atoms with Crippen molar-refractivity contribution < 1.29 is 4.79 Å². The normalized spacial score (nSPS) is 10.1. The fourth-order valence-electron chi connectivity index (χ4n) is 1.38. The van der Waals surface area contributed by atoms with E-state index >= 15 is 0 Å². The largest absolute Gasteiger partial charge is 0.300 e. The lowest BCUT2D eigenvalue weighted by Gasteiger charge is -1.99. The quantitative estimate of drug-likeness (QED) is 0.627. The third kappa shape index (κ3) is 4.80. The lowest BCUT2D eigenvalue weighted by Crippen LogP contribution is -1.89. The molecule has 1 radical (unpaired) electrons. The molecule has 0 saturated carbocycles. The van der Waals surface area contributed by atoms with Crippen molar-refractivity contribution in [2.24, 2.45) is 0 Å². The first kappa shape index (κ1) is 11.0. The summed E-state index contributed by atoms with van der Waals surface area (Å²) in [5.41, 5.74) is 1.27. The van der Waals surface area contributed by atoms with Crippen LogP contribution in [0.4, 0.5) is 0 Å². The second-order valence-electron chi connectivity index (χ2n) is 3.56. The molecular weight excluding hydrogens is 172 g/mol. The van der Waals surface area contributed by atoms with Crippen LogP contribution in [0.1, 0.15) is 38.2 Å². The number of Topliss-reactive ketones (excluding diaryl/α,β-unsaturated/α-hetero) is 1. The molecule has 75 valence electrons. The molecule has 1 aromatic rings. The first-order valence-corrected chi connectivity index (χ1v) is 5.17. The molecule has 0 saturated heterocycles. The zero-order valence-electron chi connectivity index (χ0n) is 8.70. The van der Waals surface area contributed by atoms with E-state index in [-0.39, 0.29) is 0 Å². The van der Waals surface area contributed by atoms with Crippen LogP contribution >= 0.6 is 0 Å². The van der Waals surface area contributed by atoms with Gasteiger partial charge in [-0.25, -0.2) is 0 Å². The third-order valence-electron chi connectivity index (χ3n) is 2.16. The van der Waals surface area contributed by atoms with Gasteiger partial charge in [0.1, 0.15) is 5.78 Å². The summed E-state index contributed by atoms with van der Waals surface area (Å²) < 4.78 is 0. The molecule has 0 spiro atoms. The van der Waals surface area contributed by atoms with E-state index in [9.17, 15) is 4.79 Å². The van der Waals surface area contributed by atoms with Crippen molar-refractivity contribution in [2.45, 2.75) is 32.6 Å². The van der Waals surface area contributed by atoms with E-state index in [1.54, 1.807) is 6.92 Å². The number of ketones is 1. The standard InChI is InChI=1S/C13H17O/c1-12(14)8-4-2-5-9-13-10-6-3-7-11-13/h3,6-7,9-11H,2,4-5,8H2,1H3. The number of rotatable bonds is 6. The van der Waals surface area contributed by atoms with Crippen molar-refractivity contribution >= 4 is 5.78 Å². The maximum atomic E-state index is 10.7. The van der Waals surface area contributed by atoms with Crippen molar-refractivity contribution in [3.05, 3.63) is 42.3 Å². The van der Waals surface area contributed by atoms with Crippen LogP contribution < -0.4 is 0 Å². The first-order chi connectivity index (χ1) is 6.79. The third-order valence-corrected chi connectivity index (χ3v) is 2.16. The molecule has 0 N–H and O–H groups in total. The van der Waals surface area contributed by atoms with Crippen LogP contribution in [0.15, 0.2) is 30.3 Å². The van der Waals surface area contributed by atoms with Crippen molar-refractivity contribution in [2.75, 3.05) is 0 Å². The van der Waals surface area contributed by atoms with E-state index < -0.39 is 0 Å². The van der Waals surface area contributed by atoms with Gasteiger partial charge in [0.05, 0.1) is 0 Å². The molecule has 0 aliphatic rings. The number of hydrogen-bond donors (Lipinski definition) is 0. The Labute approximate surface area is 86.1 Å². The van der Waals surface area contributed by atoms with Gasteiger partial charge in [-0.15, -0.1) is 0 Å². The number of hydrogen-bond acceptors (Lipinski definition) is 1. The number of carbonyl (C=O) groups is 1. The molecule has 14 heavy (non-hydrogen) atoms. The minimum Gasteiger partial charge on any atom is -0.300 e. The average Bonchev–Trinajstić information content (AvgIpc) is 2.18. The second kappa shape index (κ2) is 6.36. The minimum absolute atomic E-state index is 0.296. The zero-order chi connectivity index (χ0) is 10.2. The van der Waals surface area contributed by atoms with Crippen LogP contribution in [0.25, 0.3) is 0 Å². The smallest absolute Gasteiger partial charge is 0.129 e. The predicted octanol–water partition coefficient (Wildman–Crippen LogP) is 3.39. The van der Waals surface area contributed by atoms with Gasteiger partial charge in [-0.1, -0.05) is 36.8 Å². The van der Waals surface area contributed by atoms with E-state index in [1.165, 1.54) is 5.56 Å². The highest BCUT2D eigenvalue weighted by atomic mass is 16.1. The summed E-state index contributed by atoms with van der Waals surface area (Å²) in [4.78, 5) is 10.7. The molecule has 0 unspecified atom stereocenters. The van der Waals surface area contributed by atoms with Crippen LogP contribution in [0.5, 0.6) is 0 Å². The molecule has 1 heteroatoms. The van der Waals surface area contributed by atoms with Gasteiger partial charge in [-0.2, -0.15) is 0 Å². The Morgan fingerprint density at radius 3 is 2.57 bits per heavy atom. The second-order valence-corrected chi connectivity index (χ2v) is 3.56. The van der Waals surface area contributed by atoms with Crippen molar-refractivity contribution in [1.29, 1.82) is 0 Å². The maximum Gasteiger partial charge on any atom is 0.129 e. The summed E-state index contributed by atoms with van der Waals surface area (Å²) in [5.74, 6) is 0.296. The monoisotopic (exact) mass is 189 g/mol. The summed E-state index contributed by atoms with van der Waals surface area (Å²) >= 11 is 0. The molecule has 0 aromatic heterocycles. The molecule has 1 nitrogen and oxygen atoms in total. The molecule has 0 amide bonds. The maximum absolute atomic E-state index is 10.7. The molecule has 0 aliphatic carbocycles. The van der Waals surface area contributed by atoms with Gasteiger partial charge < -0.3 is 4.79 Å². The summed E-state index contributed by atoms with van der Waals surface area (Å²) in [5, 5.41) is 0. The van der Waals surface area contributed by atoms with E-state index in [2.05, 4.69) is 18.6 Å². The highest BCUT2D eigenvalue weighted by Crippen LogP contribution is 2.09. The minimum atomic E-state index is 0.296. The first-order valence-electron chi connectivity index (χ1n) is 5.17. The van der Waals surface area contributed by atoms with Gasteiger partial charge in [-0.05, 0) is 31.7 Å². The van der Waals surface area contributed by atoms with Gasteiger partial charge in [0, 0.05) is 6.42 Å². The fraction of sp³-hybridized carbons (Fsp3) is 0.385. The van der Waals surface area contributed by atoms with Crippen molar-refractivity contribution in [3.63, 3.8) is 0 Å². The molecule has 0 fully saturated rings. The van der Waals surface area contributed by atoms with Gasteiger partial charge >= 0.3 is 0 Å². The Morgan fingerprint density at radius 2 is 1.93 bits per heavy atom. The number of benzene rings is 1. The fourth-order valence-corrected chi connectivity index (χ4v) is 1.38. The molecule has 0 bridgehead atoms. The Balaban J connectivity index is 2.08. The number of carbonyl (C=O) groups excluding carboxylic acids is 1. The SMILES string of the molecule is CC(=O)CCCC[CH]c1ccccc1. The Morgan fingerprint density at radius 1 is 1.21 bits per heavy atom. The van der Waals surface area contributed by atoms with E-state index in [4.69, 9.17) is 0 Å². The molecule has 1 rings (SSSR count). The Kier molecular flexibility index (Phi) is 4.98. The van der Waals surface area contributed by atoms with Crippen molar-refractivity contribution in [1.82, 2.24) is 0 Å². The topological polar surface area (TPSA) is 17.1 Å². The highest BCUT2D eigenvalue weighted by molar-refractivity contribution is 5.75. The van der Waals surface area contributed by atoms with Gasteiger partial charge in [0.2, 0.25) is 0 Å². The van der Waals surface area contributed by atoms with Crippen LogP contribution in [0, 0.1) is 6.42 Å². The molecule has 1 aromatic carbocycles. The van der Waals surface area contributed by atoms with Crippen LogP contribution in [-0.4, -0.2) is 5.78 Å². The molecular formula is C13H17O. The zero-order valence-corrected chi connectivity index (χ0v) is 8.70. The molecule has 0 aliphatic heterocycles. The summed E-state index contributed by atoms with van der Waals surface area (Å²) in [6, 6.07) is 10.3. The van der Waals surface area contributed by atoms with E-state index in [0.717, 1.165) is 25.7 Å².